The minimum Gasteiger partial charge on any atom is -0.289 e. The van der Waals surface area contributed by atoms with E-state index in [1.165, 1.54) is 0 Å². The first-order chi connectivity index (χ1) is 8.18. The fourth-order valence-electron chi connectivity index (χ4n) is 2.22. The van der Waals surface area contributed by atoms with Gasteiger partial charge in [-0.15, -0.1) is 0 Å². The second-order valence-corrected chi connectivity index (χ2v) is 5.75. The van der Waals surface area contributed by atoms with Crippen LogP contribution < -0.4 is 0 Å². The Kier molecular flexibility index (Phi) is 2.68. The van der Waals surface area contributed by atoms with Gasteiger partial charge >= 0.3 is 0 Å². The zero-order valence-electron chi connectivity index (χ0n) is 8.84. The summed E-state index contributed by atoms with van der Waals surface area (Å²) in [6.45, 7) is 0. The number of carbonyl (C=O) groups is 1. The molecule has 0 aromatic heterocycles. The normalized spacial score (nSPS) is 13.2. The molecule has 0 N–H and O–H groups in total. The van der Waals surface area contributed by atoms with Gasteiger partial charge in [-0.1, -0.05) is 56.1 Å². The van der Waals surface area contributed by atoms with Gasteiger partial charge in [-0.2, -0.15) is 0 Å². The maximum Gasteiger partial charge on any atom is 0.193 e. The molecule has 3 heteroatoms. The molecule has 2 aromatic rings. The summed E-state index contributed by atoms with van der Waals surface area (Å²) >= 11 is 7.04. The molecule has 0 atom stereocenters. The molecule has 2 aromatic carbocycles. The summed E-state index contributed by atoms with van der Waals surface area (Å²) in [4.78, 5) is 12.4. The highest BCUT2D eigenvalue weighted by Crippen LogP contribution is 2.34. The fraction of sp³-hybridized carbons (Fsp3) is 0.0714. The second-order valence-electron chi connectivity index (χ2n) is 4.04. The maximum absolute atomic E-state index is 12.4. The molecule has 3 rings (SSSR count). The van der Waals surface area contributed by atoms with Crippen molar-refractivity contribution >= 4 is 37.6 Å². The summed E-state index contributed by atoms with van der Waals surface area (Å²) in [5, 5.41) is 0. The standard InChI is InChI=1S/C14H8Br2O/c15-12-5-1-3-8-10(12)7-11-9(14(8)17)4-2-6-13(11)16/h1-6H,7H2. The molecule has 0 fully saturated rings. The SMILES string of the molecule is O=C1c2cccc(Br)c2Cc2c(Br)cccc21. The van der Waals surface area contributed by atoms with Crippen LogP contribution in [0.3, 0.4) is 0 Å². The predicted molar refractivity (Wildman–Crippen MR) is 74.5 cm³/mol. The van der Waals surface area contributed by atoms with E-state index in [1.54, 1.807) is 0 Å². The lowest BCUT2D eigenvalue weighted by atomic mass is 9.85. The van der Waals surface area contributed by atoms with Gasteiger partial charge in [0.05, 0.1) is 0 Å². The number of ketones is 1. The Morgan fingerprint density at radius 2 is 1.29 bits per heavy atom. The monoisotopic (exact) mass is 350 g/mol. The van der Waals surface area contributed by atoms with Crippen LogP contribution in [-0.2, 0) is 6.42 Å². The Balaban J connectivity index is 2.29. The molecule has 0 aliphatic heterocycles. The van der Waals surface area contributed by atoms with Crippen molar-refractivity contribution < 1.29 is 4.79 Å². The third-order valence-electron chi connectivity index (χ3n) is 3.08. The molecule has 1 nitrogen and oxygen atoms in total. The van der Waals surface area contributed by atoms with Crippen LogP contribution in [-0.4, -0.2) is 5.78 Å². The van der Waals surface area contributed by atoms with E-state index < -0.39 is 0 Å². The Hall–Kier alpha value is -0.930. The van der Waals surface area contributed by atoms with Crippen molar-refractivity contribution in [2.45, 2.75) is 6.42 Å². The van der Waals surface area contributed by atoms with Crippen LogP contribution in [0.1, 0.15) is 27.0 Å². The Morgan fingerprint density at radius 1 is 0.824 bits per heavy atom. The van der Waals surface area contributed by atoms with Gasteiger partial charge < -0.3 is 0 Å². The van der Waals surface area contributed by atoms with Crippen LogP contribution in [0, 0.1) is 0 Å². The lowest BCUT2D eigenvalue weighted by Crippen LogP contribution is -2.15. The largest absolute Gasteiger partial charge is 0.289 e. The van der Waals surface area contributed by atoms with Crippen molar-refractivity contribution in [3.63, 3.8) is 0 Å². The molecule has 0 unspecified atom stereocenters. The maximum atomic E-state index is 12.4. The summed E-state index contributed by atoms with van der Waals surface area (Å²) in [7, 11) is 0. The van der Waals surface area contributed by atoms with Crippen molar-refractivity contribution in [2.75, 3.05) is 0 Å². The van der Waals surface area contributed by atoms with Crippen LogP contribution in [0.5, 0.6) is 0 Å². The van der Waals surface area contributed by atoms with Gasteiger partial charge in [0.25, 0.3) is 0 Å². The molecular weight excluding hydrogens is 344 g/mol. The van der Waals surface area contributed by atoms with Gasteiger partial charge in [-0.05, 0) is 23.3 Å². The third-order valence-corrected chi connectivity index (χ3v) is 4.57. The highest BCUT2D eigenvalue weighted by atomic mass is 79.9. The lowest BCUT2D eigenvalue weighted by molar-refractivity contribution is 0.103. The Labute approximate surface area is 116 Å². The molecule has 1 aliphatic rings. The van der Waals surface area contributed by atoms with Crippen LogP contribution in [0.15, 0.2) is 45.3 Å². The Bertz CT molecular complexity index is 579. The van der Waals surface area contributed by atoms with Gasteiger partial charge in [0, 0.05) is 26.5 Å². The molecule has 0 spiro atoms. The lowest BCUT2D eigenvalue weighted by Gasteiger charge is -2.20. The zero-order chi connectivity index (χ0) is 12.0. The van der Waals surface area contributed by atoms with E-state index in [2.05, 4.69) is 31.9 Å². The van der Waals surface area contributed by atoms with E-state index in [0.717, 1.165) is 37.6 Å². The summed E-state index contributed by atoms with van der Waals surface area (Å²) in [5.41, 5.74) is 3.78. The number of benzene rings is 2. The van der Waals surface area contributed by atoms with Crippen molar-refractivity contribution in [1.82, 2.24) is 0 Å². The molecule has 84 valence electrons. The van der Waals surface area contributed by atoms with Crippen molar-refractivity contribution in [3.8, 4) is 0 Å². The molecule has 1 aliphatic carbocycles. The highest BCUT2D eigenvalue weighted by molar-refractivity contribution is 9.10. The number of fused-ring (bicyclic) bond motifs is 2. The molecule has 0 saturated carbocycles. The van der Waals surface area contributed by atoms with Crippen LogP contribution in [0.4, 0.5) is 0 Å². The van der Waals surface area contributed by atoms with E-state index in [4.69, 9.17) is 0 Å². The fourth-order valence-corrected chi connectivity index (χ4v) is 3.24. The minimum atomic E-state index is 0.115. The van der Waals surface area contributed by atoms with Crippen molar-refractivity contribution in [3.05, 3.63) is 67.6 Å². The van der Waals surface area contributed by atoms with Crippen molar-refractivity contribution in [1.29, 1.82) is 0 Å². The van der Waals surface area contributed by atoms with E-state index in [1.807, 2.05) is 36.4 Å². The quantitative estimate of drug-likeness (QED) is 0.588. The van der Waals surface area contributed by atoms with Gasteiger partial charge in [0.1, 0.15) is 0 Å². The number of carbonyl (C=O) groups excluding carboxylic acids is 1. The average molecular weight is 352 g/mol. The number of hydrogen-bond donors (Lipinski definition) is 0. The first-order valence-electron chi connectivity index (χ1n) is 5.28. The second kappa shape index (κ2) is 4.07. The first-order valence-corrected chi connectivity index (χ1v) is 6.86. The predicted octanol–water partition coefficient (Wildman–Crippen LogP) is 4.35. The number of hydrogen-bond acceptors (Lipinski definition) is 1. The summed E-state index contributed by atoms with van der Waals surface area (Å²) in [6, 6.07) is 11.6. The molecule has 0 amide bonds. The van der Waals surface area contributed by atoms with Gasteiger partial charge in [0.2, 0.25) is 0 Å². The van der Waals surface area contributed by atoms with Gasteiger partial charge in [-0.25, -0.2) is 0 Å². The van der Waals surface area contributed by atoms with Crippen molar-refractivity contribution in [2.24, 2.45) is 0 Å². The van der Waals surface area contributed by atoms with Crippen LogP contribution in [0.25, 0.3) is 0 Å². The smallest absolute Gasteiger partial charge is 0.193 e. The number of rotatable bonds is 0. The Morgan fingerprint density at radius 3 is 1.76 bits per heavy atom. The molecule has 0 heterocycles. The molecular formula is C14H8Br2O. The molecule has 17 heavy (non-hydrogen) atoms. The minimum absolute atomic E-state index is 0.115. The molecule has 0 bridgehead atoms. The van der Waals surface area contributed by atoms with E-state index in [9.17, 15) is 4.79 Å². The number of halogens is 2. The average Bonchev–Trinajstić information content (AvgIpc) is 2.32. The van der Waals surface area contributed by atoms with E-state index in [-0.39, 0.29) is 5.78 Å². The zero-order valence-corrected chi connectivity index (χ0v) is 12.0. The topological polar surface area (TPSA) is 17.1 Å². The molecule has 0 saturated heterocycles. The van der Waals surface area contributed by atoms with Gasteiger partial charge in [0.15, 0.2) is 5.78 Å². The summed E-state index contributed by atoms with van der Waals surface area (Å²) in [5.74, 6) is 0.115. The van der Waals surface area contributed by atoms with Crippen LogP contribution in [0.2, 0.25) is 0 Å². The summed E-state index contributed by atoms with van der Waals surface area (Å²) in [6.07, 6.45) is 0.791. The van der Waals surface area contributed by atoms with E-state index in [0.29, 0.717) is 0 Å². The van der Waals surface area contributed by atoms with Gasteiger partial charge in [-0.3, -0.25) is 4.79 Å². The van der Waals surface area contributed by atoms with Crippen LogP contribution >= 0.6 is 31.9 Å². The highest BCUT2D eigenvalue weighted by Gasteiger charge is 2.25. The first kappa shape index (κ1) is 11.2. The van der Waals surface area contributed by atoms with E-state index >= 15 is 0 Å². The summed E-state index contributed by atoms with van der Waals surface area (Å²) < 4.78 is 2.01. The third kappa shape index (κ3) is 1.69. The molecule has 0 radical (unpaired) electrons.